The Bertz CT molecular complexity index is 260. The molecule has 0 aliphatic heterocycles. The van der Waals surface area contributed by atoms with Crippen molar-refractivity contribution in [3.63, 3.8) is 0 Å². The van der Waals surface area contributed by atoms with Crippen molar-refractivity contribution >= 4 is 29.0 Å². The zero-order valence-electron chi connectivity index (χ0n) is 7.15. The molecule has 0 fully saturated rings. The molecule has 1 aromatic rings. The minimum Gasteiger partial charge on any atom is -0.377 e. The summed E-state index contributed by atoms with van der Waals surface area (Å²) in [5.41, 5.74) is 1.69. The van der Waals surface area contributed by atoms with E-state index in [9.17, 15) is 4.79 Å². The summed E-state index contributed by atoms with van der Waals surface area (Å²) < 4.78 is 0. The van der Waals surface area contributed by atoms with Gasteiger partial charge in [-0.05, 0) is 12.1 Å². The molecule has 0 aliphatic rings. The molecule has 2 nitrogen and oxygen atoms in total. The SMILES string of the molecule is Br.CN(C)c1ccccc1C=O. The van der Waals surface area contributed by atoms with E-state index in [1.807, 2.05) is 43.3 Å². The lowest BCUT2D eigenvalue weighted by molar-refractivity contribution is 0.112. The van der Waals surface area contributed by atoms with Gasteiger partial charge < -0.3 is 4.90 Å². The average Bonchev–Trinajstić information content (AvgIpc) is 2.04. The van der Waals surface area contributed by atoms with Crippen molar-refractivity contribution in [1.82, 2.24) is 0 Å². The van der Waals surface area contributed by atoms with Crippen molar-refractivity contribution in [2.24, 2.45) is 0 Å². The summed E-state index contributed by atoms with van der Waals surface area (Å²) >= 11 is 0. The van der Waals surface area contributed by atoms with Crippen LogP contribution in [0.15, 0.2) is 24.3 Å². The molecule has 1 aromatic carbocycles. The van der Waals surface area contributed by atoms with Crippen LogP contribution in [0.3, 0.4) is 0 Å². The van der Waals surface area contributed by atoms with Gasteiger partial charge >= 0.3 is 0 Å². The highest BCUT2D eigenvalue weighted by atomic mass is 79.9. The van der Waals surface area contributed by atoms with Crippen LogP contribution in [0.1, 0.15) is 10.4 Å². The number of rotatable bonds is 2. The summed E-state index contributed by atoms with van der Waals surface area (Å²) in [5.74, 6) is 0. The Kier molecular flexibility index (Phi) is 4.59. The maximum atomic E-state index is 10.5. The maximum absolute atomic E-state index is 10.5. The molecule has 0 heterocycles. The normalized spacial score (nSPS) is 8.50. The molecule has 0 aromatic heterocycles. The third-order valence-corrected chi connectivity index (χ3v) is 1.55. The van der Waals surface area contributed by atoms with Crippen LogP contribution in [0.2, 0.25) is 0 Å². The summed E-state index contributed by atoms with van der Waals surface area (Å²) in [7, 11) is 3.84. The van der Waals surface area contributed by atoms with Crippen molar-refractivity contribution in [3.05, 3.63) is 29.8 Å². The quantitative estimate of drug-likeness (QED) is 0.725. The number of nitrogens with zero attached hydrogens (tertiary/aromatic N) is 1. The first-order chi connectivity index (χ1) is 5.25. The minimum atomic E-state index is 0. The monoisotopic (exact) mass is 229 g/mol. The van der Waals surface area contributed by atoms with Gasteiger partial charge in [0.2, 0.25) is 0 Å². The second-order valence-corrected chi connectivity index (χ2v) is 2.57. The van der Waals surface area contributed by atoms with Crippen LogP contribution < -0.4 is 4.90 Å². The minimum absolute atomic E-state index is 0. The highest BCUT2D eigenvalue weighted by Gasteiger charge is 1.99. The van der Waals surface area contributed by atoms with E-state index in [0.717, 1.165) is 17.5 Å². The van der Waals surface area contributed by atoms with Crippen molar-refractivity contribution in [2.75, 3.05) is 19.0 Å². The van der Waals surface area contributed by atoms with Gasteiger partial charge in [-0.15, -0.1) is 17.0 Å². The third-order valence-electron chi connectivity index (χ3n) is 1.55. The van der Waals surface area contributed by atoms with Crippen LogP contribution >= 0.6 is 17.0 Å². The molecule has 0 saturated heterocycles. The fourth-order valence-electron chi connectivity index (χ4n) is 0.994. The van der Waals surface area contributed by atoms with E-state index in [-0.39, 0.29) is 17.0 Å². The summed E-state index contributed by atoms with van der Waals surface area (Å²) in [6.45, 7) is 0. The first-order valence-corrected chi connectivity index (χ1v) is 3.47. The first kappa shape index (κ1) is 11.2. The van der Waals surface area contributed by atoms with Gasteiger partial charge in [-0.2, -0.15) is 0 Å². The second-order valence-electron chi connectivity index (χ2n) is 2.57. The molecule has 0 saturated carbocycles. The molecule has 1 rings (SSSR count). The van der Waals surface area contributed by atoms with E-state index in [0.29, 0.717) is 0 Å². The number of carbonyl (C=O) groups excluding carboxylic acids is 1. The molecule has 0 unspecified atom stereocenters. The number of carbonyl (C=O) groups is 1. The molecular formula is C9H12BrNO. The number of anilines is 1. The van der Waals surface area contributed by atoms with Crippen molar-refractivity contribution in [2.45, 2.75) is 0 Å². The standard InChI is InChI=1S/C9H11NO.BrH/c1-10(2)9-6-4-3-5-8(9)7-11;/h3-7H,1-2H3;1H. The Labute approximate surface area is 83.0 Å². The maximum Gasteiger partial charge on any atom is 0.152 e. The highest BCUT2D eigenvalue weighted by molar-refractivity contribution is 8.93. The molecule has 0 radical (unpaired) electrons. The summed E-state index contributed by atoms with van der Waals surface area (Å²) in [6, 6.07) is 7.51. The topological polar surface area (TPSA) is 20.3 Å². The Balaban J connectivity index is 0.00000121. The average molecular weight is 230 g/mol. The lowest BCUT2D eigenvalue weighted by atomic mass is 10.2. The highest BCUT2D eigenvalue weighted by Crippen LogP contribution is 2.14. The fourth-order valence-corrected chi connectivity index (χ4v) is 0.994. The van der Waals surface area contributed by atoms with Crippen molar-refractivity contribution in [3.8, 4) is 0 Å². The van der Waals surface area contributed by atoms with Crippen molar-refractivity contribution < 1.29 is 4.79 Å². The van der Waals surface area contributed by atoms with Gasteiger partial charge in [0, 0.05) is 25.3 Å². The van der Waals surface area contributed by atoms with E-state index >= 15 is 0 Å². The number of benzene rings is 1. The third kappa shape index (κ3) is 2.34. The smallest absolute Gasteiger partial charge is 0.152 e. The van der Waals surface area contributed by atoms with E-state index in [1.165, 1.54) is 0 Å². The molecule has 66 valence electrons. The van der Waals surface area contributed by atoms with Crippen LogP contribution in [0.4, 0.5) is 5.69 Å². The number of aldehydes is 1. The van der Waals surface area contributed by atoms with E-state index in [2.05, 4.69) is 0 Å². The lowest BCUT2D eigenvalue weighted by Gasteiger charge is -2.13. The van der Waals surface area contributed by atoms with Crippen LogP contribution in [0.25, 0.3) is 0 Å². The summed E-state index contributed by atoms with van der Waals surface area (Å²) in [4.78, 5) is 12.4. The molecule has 0 spiro atoms. The molecule has 0 N–H and O–H groups in total. The molecule has 0 atom stereocenters. The van der Waals surface area contributed by atoms with Crippen LogP contribution in [0, 0.1) is 0 Å². The van der Waals surface area contributed by atoms with Crippen LogP contribution in [-0.2, 0) is 0 Å². The number of para-hydroxylation sites is 1. The van der Waals surface area contributed by atoms with E-state index < -0.39 is 0 Å². The predicted octanol–water partition coefficient (Wildman–Crippen LogP) is 2.14. The van der Waals surface area contributed by atoms with Crippen molar-refractivity contribution in [1.29, 1.82) is 0 Å². The Morgan fingerprint density at radius 1 is 1.25 bits per heavy atom. The van der Waals surface area contributed by atoms with E-state index in [1.54, 1.807) is 0 Å². The second kappa shape index (κ2) is 4.93. The van der Waals surface area contributed by atoms with Gasteiger partial charge in [-0.25, -0.2) is 0 Å². The zero-order chi connectivity index (χ0) is 8.27. The van der Waals surface area contributed by atoms with Crippen LogP contribution in [0.5, 0.6) is 0 Å². The van der Waals surface area contributed by atoms with Gasteiger partial charge in [-0.1, -0.05) is 12.1 Å². The first-order valence-electron chi connectivity index (χ1n) is 3.47. The van der Waals surface area contributed by atoms with E-state index in [4.69, 9.17) is 0 Å². The van der Waals surface area contributed by atoms with Gasteiger partial charge in [0.25, 0.3) is 0 Å². The zero-order valence-corrected chi connectivity index (χ0v) is 8.86. The number of halogens is 1. The largest absolute Gasteiger partial charge is 0.377 e. The number of hydrogen-bond donors (Lipinski definition) is 0. The van der Waals surface area contributed by atoms with Gasteiger partial charge in [0.1, 0.15) is 0 Å². The molecule has 3 heteroatoms. The van der Waals surface area contributed by atoms with Gasteiger partial charge in [0.15, 0.2) is 6.29 Å². The molecule has 12 heavy (non-hydrogen) atoms. The molecule has 0 bridgehead atoms. The summed E-state index contributed by atoms with van der Waals surface area (Å²) in [6.07, 6.45) is 0.870. The Morgan fingerprint density at radius 2 is 1.83 bits per heavy atom. The summed E-state index contributed by atoms with van der Waals surface area (Å²) in [5, 5.41) is 0. The fraction of sp³-hybridized carbons (Fsp3) is 0.222. The molecular weight excluding hydrogens is 218 g/mol. The Hall–Kier alpha value is -0.830. The van der Waals surface area contributed by atoms with Gasteiger partial charge in [-0.3, -0.25) is 4.79 Å². The molecule has 0 amide bonds. The Morgan fingerprint density at radius 3 is 2.25 bits per heavy atom. The predicted molar refractivity (Wildman–Crippen MR) is 56.5 cm³/mol. The van der Waals surface area contributed by atoms with Gasteiger partial charge in [0.05, 0.1) is 0 Å². The lowest BCUT2D eigenvalue weighted by Crippen LogP contribution is -2.10. The molecule has 0 aliphatic carbocycles. The van der Waals surface area contributed by atoms with Crippen LogP contribution in [-0.4, -0.2) is 20.4 Å². The number of hydrogen-bond acceptors (Lipinski definition) is 2.